The van der Waals surface area contributed by atoms with Gasteiger partial charge >= 0.3 is 0 Å². The van der Waals surface area contributed by atoms with Gasteiger partial charge in [0.1, 0.15) is 0 Å². The van der Waals surface area contributed by atoms with E-state index >= 15 is 0 Å². The molecule has 0 saturated heterocycles. The minimum atomic E-state index is 0. The normalized spacial score (nSPS) is 2.17. The van der Waals surface area contributed by atoms with Crippen LogP contribution in [-0.4, -0.2) is 0 Å². The average molecular weight is 348 g/mol. The summed E-state index contributed by atoms with van der Waals surface area (Å²) in [5.41, 5.74) is 0. The number of hydrogen-bond donors (Lipinski definition) is 0. The zero-order chi connectivity index (χ0) is 2.71. The Labute approximate surface area is 82.3 Å². The van der Waals surface area contributed by atoms with E-state index in [1.165, 1.54) is 0 Å². The molecule has 0 aromatic heterocycles. The van der Waals surface area contributed by atoms with E-state index in [4.69, 9.17) is 0 Å². The summed E-state index contributed by atoms with van der Waals surface area (Å²) in [6.07, 6.45) is 2.50. The van der Waals surface area contributed by atoms with Crippen LogP contribution in [0.15, 0.2) is 6.58 Å². The molecule has 0 nitrogen and oxygen atoms in total. The van der Waals surface area contributed by atoms with Crippen LogP contribution in [0.2, 0.25) is 0 Å². The SMILES string of the molecule is C=[C-]C.P.[W].[Y]. The molecule has 0 aromatic carbocycles. The summed E-state index contributed by atoms with van der Waals surface area (Å²) in [5, 5.41) is 0. The van der Waals surface area contributed by atoms with Crippen molar-refractivity contribution in [3.8, 4) is 0 Å². The Morgan fingerprint density at radius 3 is 1.50 bits per heavy atom. The molecule has 0 rings (SSSR count). The first-order chi connectivity index (χ1) is 1.41. The van der Waals surface area contributed by atoms with Crippen molar-refractivity contribution in [2.24, 2.45) is 0 Å². The van der Waals surface area contributed by atoms with Crippen molar-refractivity contribution < 1.29 is 53.8 Å². The Kier molecular flexibility index (Phi) is 116. The van der Waals surface area contributed by atoms with Crippen LogP contribution in [0, 0.1) is 6.08 Å². The maximum absolute atomic E-state index is 3.24. The molecule has 0 amide bonds. The summed E-state index contributed by atoms with van der Waals surface area (Å²) in [6, 6.07) is 0. The molecule has 35 valence electrons. The molecule has 0 aliphatic rings. The van der Waals surface area contributed by atoms with Crippen molar-refractivity contribution in [1.29, 1.82) is 0 Å². The predicted molar refractivity (Wildman–Crippen MR) is 25.6 cm³/mol. The van der Waals surface area contributed by atoms with Crippen LogP contribution in [-0.2, 0) is 53.8 Å². The minimum Gasteiger partial charge on any atom is -0.507 e. The smallest absolute Gasteiger partial charge is 0 e. The molecular weight excluding hydrogens is 340 g/mol. The third-order valence-electron chi connectivity index (χ3n) is 0. The van der Waals surface area contributed by atoms with Gasteiger partial charge in [0.25, 0.3) is 0 Å². The Morgan fingerprint density at radius 2 is 1.50 bits per heavy atom. The second-order valence-corrected chi connectivity index (χ2v) is 0.354. The molecule has 0 aliphatic heterocycles. The predicted octanol–water partition coefficient (Wildman–Crippen LogP) is 1.05. The van der Waals surface area contributed by atoms with Gasteiger partial charge in [-0.05, 0) is 0 Å². The van der Waals surface area contributed by atoms with E-state index in [1.54, 1.807) is 6.92 Å². The van der Waals surface area contributed by atoms with Crippen molar-refractivity contribution in [1.82, 2.24) is 0 Å². The summed E-state index contributed by atoms with van der Waals surface area (Å²) < 4.78 is 0. The van der Waals surface area contributed by atoms with Gasteiger partial charge in [0, 0.05) is 53.8 Å². The molecule has 1 atom stereocenters. The van der Waals surface area contributed by atoms with Crippen molar-refractivity contribution >= 4 is 9.90 Å². The zero-order valence-corrected chi connectivity index (χ0v) is 11.1. The van der Waals surface area contributed by atoms with Crippen LogP contribution in [0.3, 0.4) is 0 Å². The fourth-order valence-electron chi connectivity index (χ4n) is 0. The number of allylic oxidation sites excluding steroid dienone is 1. The van der Waals surface area contributed by atoms with Crippen molar-refractivity contribution in [3.05, 3.63) is 12.7 Å². The van der Waals surface area contributed by atoms with E-state index in [2.05, 4.69) is 12.7 Å². The molecule has 3 heteroatoms. The summed E-state index contributed by atoms with van der Waals surface area (Å²) in [5.74, 6) is 0. The monoisotopic (exact) mass is 348 g/mol. The van der Waals surface area contributed by atoms with Gasteiger partial charge in [-0.15, -0.1) is 0 Å². The fourth-order valence-corrected chi connectivity index (χ4v) is 0. The van der Waals surface area contributed by atoms with E-state index in [0.29, 0.717) is 0 Å². The molecule has 0 aromatic rings. The molecule has 0 saturated carbocycles. The molecule has 0 spiro atoms. The maximum atomic E-state index is 3.24. The van der Waals surface area contributed by atoms with E-state index in [1.807, 2.05) is 0 Å². The molecule has 1 radical (unpaired) electrons. The quantitative estimate of drug-likeness (QED) is 0.454. The van der Waals surface area contributed by atoms with Crippen molar-refractivity contribution in [2.45, 2.75) is 6.92 Å². The minimum absolute atomic E-state index is 0. The third-order valence-corrected chi connectivity index (χ3v) is 0. The van der Waals surface area contributed by atoms with Gasteiger partial charge in [-0.3, -0.25) is 6.58 Å². The zero-order valence-electron chi connectivity index (χ0n) is 3.90. The second-order valence-electron chi connectivity index (χ2n) is 0.354. The Hall–Kier alpha value is 1.96. The molecule has 0 N–H and O–H groups in total. The standard InChI is InChI=1S/C3H5.H3P.W.Y/c1-3-2;;;/h1H2,2H3;1H3;;/q-1;;;. The van der Waals surface area contributed by atoms with Crippen molar-refractivity contribution in [2.75, 3.05) is 0 Å². The van der Waals surface area contributed by atoms with Gasteiger partial charge in [-0.25, -0.2) is 0 Å². The van der Waals surface area contributed by atoms with Crippen LogP contribution >= 0.6 is 9.90 Å². The molecular formula is C3H8PWY-. The first-order valence-electron chi connectivity index (χ1n) is 0.854. The van der Waals surface area contributed by atoms with Gasteiger partial charge in [-0.1, -0.05) is 0 Å². The first kappa shape index (κ1) is 24.6. The first-order valence-corrected chi connectivity index (χ1v) is 0.854. The average Bonchev–Trinajstić information content (AvgIpc) is 0.918. The largest absolute Gasteiger partial charge is 0.507 e. The maximum Gasteiger partial charge on any atom is 0 e. The van der Waals surface area contributed by atoms with Gasteiger partial charge in [-0.2, -0.15) is 16.8 Å². The van der Waals surface area contributed by atoms with Crippen LogP contribution in [0.4, 0.5) is 0 Å². The van der Waals surface area contributed by atoms with E-state index in [-0.39, 0.29) is 63.7 Å². The van der Waals surface area contributed by atoms with Gasteiger partial charge < -0.3 is 6.08 Å². The van der Waals surface area contributed by atoms with Crippen molar-refractivity contribution in [3.63, 3.8) is 0 Å². The molecule has 0 heterocycles. The topological polar surface area (TPSA) is 0 Å². The third kappa shape index (κ3) is 38.1. The Morgan fingerprint density at radius 1 is 1.50 bits per heavy atom. The summed E-state index contributed by atoms with van der Waals surface area (Å²) in [6.45, 7) is 5.00. The van der Waals surface area contributed by atoms with Crippen LogP contribution in [0.5, 0.6) is 0 Å². The summed E-state index contributed by atoms with van der Waals surface area (Å²) >= 11 is 0. The van der Waals surface area contributed by atoms with E-state index in [0.717, 1.165) is 0 Å². The Bertz CT molecular complexity index is 18.3. The summed E-state index contributed by atoms with van der Waals surface area (Å²) in [7, 11) is 0. The van der Waals surface area contributed by atoms with E-state index in [9.17, 15) is 0 Å². The molecule has 0 fully saturated rings. The van der Waals surface area contributed by atoms with Crippen LogP contribution in [0.1, 0.15) is 6.92 Å². The molecule has 1 unspecified atom stereocenters. The number of hydrogen-bond acceptors (Lipinski definition) is 0. The fraction of sp³-hybridized carbons (Fsp3) is 0.333. The van der Waals surface area contributed by atoms with Crippen LogP contribution in [0.25, 0.3) is 0 Å². The van der Waals surface area contributed by atoms with Crippen LogP contribution < -0.4 is 0 Å². The van der Waals surface area contributed by atoms with Gasteiger partial charge in [0.15, 0.2) is 0 Å². The summed E-state index contributed by atoms with van der Waals surface area (Å²) in [4.78, 5) is 0. The second kappa shape index (κ2) is 28.2. The molecule has 0 aliphatic carbocycles. The van der Waals surface area contributed by atoms with Gasteiger partial charge in [0.05, 0.1) is 0 Å². The number of rotatable bonds is 0. The molecule has 6 heavy (non-hydrogen) atoms. The molecule has 0 bridgehead atoms. The van der Waals surface area contributed by atoms with E-state index < -0.39 is 0 Å². The van der Waals surface area contributed by atoms with Gasteiger partial charge in [0.2, 0.25) is 0 Å². The Balaban J connectivity index is -0.00000000667.